The largest absolute Gasteiger partial charge is 0.423 e. The van der Waals surface area contributed by atoms with Crippen LogP contribution in [-0.4, -0.2) is 11.9 Å². The number of carbonyl (C=O) groups excluding carboxylic acids is 2. The van der Waals surface area contributed by atoms with Gasteiger partial charge in [0.15, 0.2) is 0 Å². The Morgan fingerprint density at radius 3 is 2.13 bits per heavy atom. The zero-order valence-corrected chi connectivity index (χ0v) is 12.5. The van der Waals surface area contributed by atoms with Crippen molar-refractivity contribution in [1.82, 2.24) is 0 Å². The molecule has 2 rings (SSSR count). The molecule has 0 aromatic heterocycles. The van der Waals surface area contributed by atoms with Gasteiger partial charge in [0.2, 0.25) is 0 Å². The van der Waals surface area contributed by atoms with E-state index in [4.69, 9.17) is 26.3 Å². The van der Waals surface area contributed by atoms with Crippen LogP contribution < -0.4 is 9.47 Å². The van der Waals surface area contributed by atoms with Crippen molar-refractivity contribution in [3.8, 4) is 17.6 Å². The number of ether oxygens (including phenoxy) is 2. The van der Waals surface area contributed by atoms with Crippen LogP contribution in [0.2, 0.25) is 5.02 Å². The van der Waals surface area contributed by atoms with Gasteiger partial charge in [-0.15, -0.1) is 0 Å². The molecule has 0 atom stereocenters. The molecule has 5 nitrogen and oxygen atoms in total. The van der Waals surface area contributed by atoms with Crippen LogP contribution in [0.3, 0.4) is 0 Å². The third kappa shape index (κ3) is 5.30. The Kier molecular flexibility index (Phi) is 5.50. The zero-order valence-electron chi connectivity index (χ0n) is 11.7. The number of nitrogens with zero attached hydrogens (tertiary/aromatic N) is 1. The maximum absolute atomic E-state index is 11.6. The Morgan fingerprint density at radius 1 is 0.957 bits per heavy atom. The van der Waals surface area contributed by atoms with Gasteiger partial charge in [0.1, 0.15) is 11.5 Å². The van der Waals surface area contributed by atoms with Gasteiger partial charge in [-0.1, -0.05) is 17.7 Å². The number of hydrogen-bond acceptors (Lipinski definition) is 5. The molecule has 2 aromatic carbocycles. The molecule has 0 unspecified atom stereocenters. The first kappa shape index (κ1) is 16.3. The summed E-state index contributed by atoms with van der Waals surface area (Å²) in [6.45, 7) is 0. The lowest BCUT2D eigenvalue weighted by atomic mass is 10.2. The minimum Gasteiger partial charge on any atom is -0.423 e. The van der Waals surface area contributed by atoms with Crippen LogP contribution in [0.1, 0.15) is 5.56 Å². The Labute approximate surface area is 137 Å². The van der Waals surface area contributed by atoms with Crippen molar-refractivity contribution >= 4 is 23.5 Å². The molecule has 0 aliphatic heterocycles. The third-order valence-electron chi connectivity index (χ3n) is 2.57. The monoisotopic (exact) mass is 327 g/mol. The molecule has 6 heteroatoms. The summed E-state index contributed by atoms with van der Waals surface area (Å²) in [6, 6.07) is 14.3. The van der Waals surface area contributed by atoms with E-state index in [0.29, 0.717) is 10.6 Å². The van der Waals surface area contributed by atoms with Crippen LogP contribution in [0.4, 0.5) is 0 Å². The molecule has 0 saturated carbocycles. The number of halogens is 1. The lowest BCUT2D eigenvalue weighted by Gasteiger charge is -2.02. The molecule has 0 aliphatic carbocycles. The topological polar surface area (TPSA) is 76.4 Å². The average Bonchev–Trinajstić information content (AvgIpc) is 2.54. The number of esters is 2. The SMILES string of the molecule is N#Cc1ccc(OC(=O)/C=C/C(=O)Oc2cccc(Cl)c2)cc1. The van der Waals surface area contributed by atoms with Gasteiger partial charge >= 0.3 is 11.9 Å². The van der Waals surface area contributed by atoms with Crippen LogP contribution >= 0.6 is 11.6 Å². The fraction of sp³-hybridized carbons (Fsp3) is 0. The Morgan fingerprint density at radius 2 is 1.57 bits per heavy atom. The first-order valence-corrected chi connectivity index (χ1v) is 6.82. The summed E-state index contributed by atoms with van der Waals surface area (Å²) in [5, 5.41) is 9.10. The van der Waals surface area contributed by atoms with Gasteiger partial charge in [0.25, 0.3) is 0 Å². The van der Waals surface area contributed by atoms with E-state index in [-0.39, 0.29) is 11.5 Å². The van der Waals surface area contributed by atoms with E-state index in [9.17, 15) is 9.59 Å². The molecular formula is C17H10ClNO4. The number of nitriles is 1. The molecule has 0 amide bonds. The zero-order chi connectivity index (χ0) is 16.7. The van der Waals surface area contributed by atoms with Gasteiger partial charge in [0.05, 0.1) is 11.6 Å². The van der Waals surface area contributed by atoms with Crippen LogP contribution in [-0.2, 0) is 9.59 Å². The highest BCUT2D eigenvalue weighted by Gasteiger charge is 2.04. The first-order valence-electron chi connectivity index (χ1n) is 6.44. The summed E-state index contributed by atoms with van der Waals surface area (Å²) in [4.78, 5) is 23.1. The second-order valence-corrected chi connectivity index (χ2v) is 4.71. The van der Waals surface area contributed by atoms with Crippen molar-refractivity contribution < 1.29 is 19.1 Å². The van der Waals surface area contributed by atoms with E-state index in [1.165, 1.54) is 30.3 Å². The predicted octanol–water partition coefficient (Wildman–Crippen LogP) is 3.28. The van der Waals surface area contributed by atoms with Crippen molar-refractivity contribution in [3.05, 3.63) is 71.3 Å². The fourth-order valence-corrected chi connectivity index (χ4v) is 1.74. The molecule has 0 spiro atoms. The number of hydrogen-bond donors (Lipinski definition) is 0. The maximum atomic E-state index is 11.6. The maximum Gasteiger partial charge on any atom is 0.336 e. The number of rotatable bonds is 4. The lowest BCUT2D eigenvalue weighted by molar-refractivity contribution is -0.131. The molecule has 2 aromatic rings. The van der Waals surface area contributed by atoms with E-state index in [1.54, 1.807) is 18.2 Å². The van der Waals surface area contributed by atoms with Gasteiger partial charge in [-0.05, 0) is 42.5 Å². The predicted molar refractivity (Wildman–Crippen MR) is 83.0 cm³/mol. The normalized spacial score (nSPS) is 10.1. The van der Waals surface area contributed by atoms with Crippen LogP contribution in [0.15, 0.2) is 60.7 Å². The molecule has 0 saturated heterocycles. The van der Waals surface area contributed by atoms with Crippen LogP contribution in [0.5, 0.6) is 11.5 Å². The summed E-state index contributed by atoms with van der Waals surface area (Å²) in [6.07, 6.45) is 1.90. The standard InChI is InChI=1S/C17H10ClNO4/c18-13-2-1-3-15(10-13)23-17(21)9-8-16(20)22-14-6-4-12(11-19)5-7-14/h1-10H/b9-8+. The first-order chi connectivity index (χ1) is 11.1. The summed E-state index contributed by atoms with van der Waals surface area (Å²) >= 11 is 5.76. The average molecular weight is 328 g/mol. The van der Waals surface area contributed by atoms with Gasteiger partial charge in [-0.25, -0.2) is 9.59 Å². The van der Waals surface area contributed by atoms with E-state index >= 15 is 0 Å². The fourth-order valence-electron chi connectivity index (χ4n) is 1.56. The van der Waals surface area contributed by atoms with E-state index in [0.717, 1.165) is 12.2 Å². The molecule has 0 aliphatic rings. The minimum absolute atomic E-state index is 0.266. The quantitative estimate of drug-likeness (QED) is 0.489. The second-order valence-electron chi connectivity index (χ2n) is 4.27. The summed E-state index contributed by atoms with van der Waals surface area (Å²) in [5.74, 6) is -0.934. The van der Waals surface area contributed by atoms with Gasteiger partial charge in [-0.3, -0.25) is 0 Å². The Bertz CT molecular complexity index is 791. The molecule has 114 valence electrons. The second kappa shape index (κ2) is 7.78. The molecular weight excluding hydrogens is 318 g/mol. The summed E-state index contributed by atoms with van der Waals surface area (Å²) in [7, 11) is 0. The van der Waals surface area contributed by atoms with Crippen molar-refractivity contribution in [2.24, 2.45) is 0 Å². The highest BCUT2D eigenvalue weighted by molar-refractivity contribution is 6.30. The molecule has 0 N–H and O–H groups in total. The smallest absolute Gasteiger partial charge is 0.336 e. The lowest BCUT2D eigenvalue weighted by Crippen LogP contribution is -2.08. The molecule has 0 bridgehead atoms. The highest BCUT2D eigenvalue weighted by Crippen LogP contribution is 2.17. The molecule has 0 heterocycles. The van der Waals surface area contributed by atoms with Crippen molar-refractivity contribution in [1.29, 1.82) is 5.26 Å². The Hall–Kier alpha value is -3.10. The van der Waals surface area contributed by atoms with Crippen molar-refractivity contribution in [2.45, 2.75) is 0 Å². The van der Waals surface area contributed by atoms with Gasteiger partial charge in [0, 0.05) is 17.2 Å². The summed E-state index contributed by atoms with van der Waals surface area (Å²) < 4.78 is 9.94. The third-order valence-corrected chi connectivity index (χ3v) is 2.81. The van der Waals surface area contributed by atoms with E-state index in [2.05, 4.69) is 0 Å². The highest BCUT2D eigenvalue weighted by atomic mass is 35.5. The van der Waals surface area contributed by atoms with Gasteiger partial charge < -0.3 is 9.47 Å². The van der Waals surface area contributed by atoms with Crippen LogP contribution in [0, 0.1) is 11.3 Å². The molecule has 23 heavy (non-hydrogen) atoms. The minimum atomic E-state index is -0.738. The summed E-state index contributed by atoms with van der Waals surface area (Å²) in [5.41, 5.74) is 0.449. The van der Waals surface area contributed by atoms with Gasteiger partial charge in [-0.2, -0.15) is 5.26 Å². The van der Waals surface area contributed by atoms with Crippen LogP contribution in [0.25, 0.3) is 0 Å². The molecule has 0 radical (unpaired) electrons. The van der Waals surface area contributed by atoms with Crippen molar-refractivity contribution in [2.75, 3.05) is 0 Å². The number of benzene rings is 2. The van der Waals surface area contributed by atoms with E-state index < -0.39 is 11.9 Å². The van der Waals surface area contributed by atoms with E-state index in [1.807, 2.05) is 6.07 Å². The number of carbonyl (C=O) groups is 2. The van der Waals surface area contributed by atoms with Crippen molar-refractivity contribution in [3.63, 3.8) is 0 Å². The Balaban J connectivity index is 1.89. The molecule has 0 fully saturated rings.